The molecule has 0 amide bonds. The number of carbonyl (C=O) groups excluding carboxylic acids is 1. The molecule has 4 nitrogen and oxygen atoms in total. The summed E-state index contributed by atoms with van der Waals surface area (Å²) >= 11 is 0. The van der Waals surface area contributed by atoms with Gasteiger partial charge in [0.05, 0.1) is 24.9 Å². The fourth-order valence-electron chi connectivity index (χ4n) is 1.28. The van der Waals surface area contributed by atoms with E-state index in [4.69, 9.17) is 14.2 Å². The first-order valence-corrected chi connectivity index (χ1v) is 5.19. The predicted molar refractivity (Wildman–Crippen MR) is 68.7 cm³/mol. The Labute approximate surface area is 105 Å². The molecule has 4 heteroatoms. The zero-order chi connectivity index (χ0) is 11.3. The molecule has 1 rings (SSSR count). The third-order valence-corrected chi connectivity index (χ3v) is 2.62. The highest BCUT2D eigenvalue weighted by molar-refractivity contribution is 5.72. The van der Waals surface area contributed by atoms with Crippen LogP contribution in [0.5, 0.6) is 0 Å². The Kier molecular flexibility index (Phi) is 9.76. The van der Waals surface area contributed by atoms with Crippen molar-refractivity contribution in [1.82, 2.24) is 0 Å². The lowest BCUT2D eigenvalue weighted by molar-refractivity contribution is -0.150. The van der Waals surface area contributed by atoms with E-state index in [-0.39, 0.29) is 32.7 Å². The second-order valence-electron chi connectivity index (χ2n) is 3.67. The summed E-state index contributed by atoms with van der Waals surface area (Å²) in [5.74, 6) is 0.133. The number of carbonyl (C=O) groups is 1. The zero-order valence-electron chi connectivity index (χ0n) is 9.32. The molecule has 1 heterocycles. The fourth-order valence-corrected chi connectivity index (χ4v) is 1.28. The molecule has 0 bridgehead atoms. The van der Waals surface area contributed by atoms with Crippen molar-refractivity contribution in [3.8, 4) is 0 Å². The van der Waals surface area contributed by atoms with Gasteiger partial charge in [0.1, 0.15) is 13.2 Å². The molecule has 0 aliphatic carbocycles. The summed E-state index contributed by atoms with van der Waals surface area (Å²) in [5.41, 5.74) is 0. The van der Waals surface area contributed by atoms with Crippen molar-refractivity contribution >= 4 is 5.97 Å². The number of hydrogen-bond acceptors (Lipinski definition) is 4. The van der Waals surface area contributed by atoms with E-state index >= 15 is 0 Å². The summed E-state index contributed by atoms with van der Waals surface area (Å²) in [4.78, 5) is 11.5. The Morgan fingerprint density at radius 1 is 1.00 bits per heavy atom. The van der Waals surface area contributed by atoms with Gasteiger partial charge in [-0.15, -0.1) is 0 Å². The lowest BCUT2D eigenvalue weighted by Gasteiger charge is -2.20. The molecule has 1 aliphatic heterocycles. The summed E-state index contributed by atoms with van der Waals surface area (Å²) in [6.45, 7) is 9.23. The highest BCUT2D eigenvalue weighted by Crippen LogP contribution is 2.21. The van der Waals surface area contributed by atoms with Crippen LogP contribution in [0.1, 0.15) is 28.7 Å². The molecule has 1 saturated heterocycles. The normalized spacial score (nSPS) is 26.5. The van der Waals surface area contributed by atoms with Gasteiger partial charge in [-0.05, 0) is 0 Å². The van der Waals surface area contributed by atoms with Gasteiger partial charge < -0.3 is 14.2 Å². The first-order chi connectivity index (χ1) is 7.13. The fraction of sp³-hybridized carbons (Fsp3) is 0.769. The minimum absolute atomic E-state index is 0. The lowest BCUT2D eigenvalue weighted by atomic mass is 9.95. The molecule has 1 aliphatic rings. The van der Waals surface area contributed by atoms with E-state index in [0.29, 0.717) is 32.2 Å². The third kappa shape index (κ3) is 5.73. The first-order valence-electron chi connectivity index (χ1n) is 5.19. The number of cyclic esters (lactones) is 1. The van der Waals surface area contributed by atoms with Crippen LogP contribution in [0.3, 0.4) is 0 Å². The highest BCUT2D eigenvalue weighted by atomic mass is 16.6. The number of rotatable bonds is 0. The average Bonchev–Trinajstić information content (AvgIpc) is 2.25. The van der Waals surface area contributed by atoms with Crippen LogP contribution in [-0.2, 0) is 19.0 Å². The van der Waals surface area contributed by atoms with E-state index < -0.39 is 0 Å². The van der Waals surface area contributed by atoms with E-state index in [1.54, 1.807) is 0 Å². The Balaban J connectivity index is 0. The van der Waals surface area contributed by atoms with Crippen LogP contribution in [0, 0.1) is 11.8 Å². The summed E-state index contributed by atoms with van der Waals surface area (Å²) < 4.78 is 15.6. The van der Waals surface area contributed by atoms with Crippen LogP contribution in [0.4, 0.5) is 0 Å². The quantitative estimate of drug-likeness (QED) is 0.616. The van der Waals surface area contributed by atoms with Gasteiger partial charge in [0.2, 0.25) is 0 Å². The Hall–Kier alpha value is -1.03. The van der Waals surface area contributed by atoms with Gasteiger partial charge in [-0.2, -0.15) is 0 Å². The molecule has 1 fully saturated rings. The minimum atomic E-state index is -0.226. The molecule has 102 valence electrons. The van der Waals surface area contributed by atoms with Gasteiger partial charge in [0, 0.05) is 5.92 Å². The molecular formula is C13H26O4. The Morgan fingerprint density at radius 2 is 1.53 bits per heavy atom. The molecule has 0 aromatic rings. The van der Waals surface area contributed by atoms with Crippen molar-refractivity contribution in [3.63, 3.8) is 0 Å². The molecule has 0 aromatic heterocycles. The smallest absolute Gasteiger partial charge is 0.309 e. The van der Waals surface area contributed by atoms with E-state index in [2.05, 4.69) is 6.58 Å². The second-order valence-corrected chi connectivity index (χ2v) is 3.67. The van der Waals surface area contributed by atoms with E-state index in [1.807, 2.05) is 13.8 Å². The van der Waals surface area contributed by atoms with Crippen LogP contribution >= 0.6 is 0 Å². The molecule has 0 aromatic carbocycles. The Bertz CT molecular complexity index is 214. The van der Waals surface area contributed by atoms with Crippen molar-refractivity contribution < 1.29 is 19.0 Å². The van der Waals surface area contributed by atoms with Crippen molar-refractivity contribution in [3.05, 3.63) is 12.3 Å². The van der Waals surface area contributed by atoms with E-state index in [9.17, 15) is 4.79 Å². The van der Waals surface area contributed by atoms with Gasteiger partial charge in [-0.25, -0.2) is 0 Å². The first kappa shape index (κ1) is 18.3. The van der Waals surface area contributed by atoms with Gasteiger partial charge in [-0.3, -0.25) is 4.79 Å². The van der Waals surface area contributed by atoms with Crippen molar-refractivity contribution in [2.24, 2.45) is 11.8 Å². The van der Waals surface area contributed by atoms with Crippen LogP contribution in [0.15, 0.2) is 12.3 Å². The summed E-state index contributed by atoms with van der Waals surface area (Å²) in [6.07, 6.45) is 0. The van der Waals surface area contributed by atoms with Crippen LogP contribution in [0.25, 0.3) is 0 Å². The maximum atomic E-state index is 11.5. The lowest BCUT2D eigenvalue weighted by Crippen LogP contribution is -2.23. The zero-order valence-corrected chi connectivity index (χ0v) is 9.32. The van der Waals surface area contributed by atoms with E-state index in [0.717, 1.165) is 0 Å². The SMILES string of the molecule is C.C.C=C1OCCOCCOC(=O)C(C)C1C. The van der Waals surface area contributed by atoms with Crippen LogP contribution in [0.2, 0.25) is 0 Å². The maximum absolute atomic E-state index is 11.5. The number of hydrogen-bond donors (Lipinski definition) is 0. The monoisotopic (exact) mass is 246 g/mol. The number of esters is 1. The van der Waals surface area contributed by atoms with Crippen LogP contribution < -0.4 is 0 Å². The van der Waals surface area contributed by atoms with Crippen LogP contribution in [-0.4, -0.2) is 32.4 Å². The third-order valence-electron chi connectivity index (χ3n) is 2.62. The number of allylic oxidation sites excluding steroid dienone is 1. The average molecular weight is 246 g/mol. The molecule has 17 heavy (non-hydrogen) atoms. The summed E-state index contributed by atoms with van der Waals surface area (Å²) in [7, 11) is 0. The molecule has 2 atom stereocenters. The summed E-state index contributed by atoms with van der Waals surface area (Å²) in [6, 6.07) is 0. The van der Waals surface area contributed by atoms with Gasteiger partial charge in [0.15, 0.2) is 0 Å². The van der Waals surface area contributed by atoms with Crippen molar-refractivity contribution in [2.75, 3.05) is 26.4 Å². The predicted octanol–water partition coefficient (Wildman–Crippen LogP) is 2.63. The topological polar surface area (TPSA) is 44.8 Å². The molecule has 0 N–H and O–H groups in total. The van der Waals surface area contributed by atoms with Crippen molar-refractivity contribution in [2.45, 2.75) is 28.7 Å². The standard InChI is InChI=1S/C11H18O4.2CH4/c1-8-9(2)11(12)15-7-5-13-4-6-14-10(8)3;;/h8-9H,3-7H2,1-2H3;2*1H4. The summed E-state index contributed by atoms with van der Waals surface area (Å²) in [5, 5.41) is 0. The molecular weight excluding hydrogens is 220 g/mol. The highest BCUT2D eigenvalue weighted by Gasteiger charge is 2.25. The molecule has 0 radical (unpaired) electrons. The second kappa shape index (κ2) is 9.05. The van der Waals surface area contributed by atoms with Gasteiger partial charge in [0.25, 0.3) is 0 Å². The Morgan fingerprint density at radius 3 is 2.12 bits per heavy atom. The van der Waals surface area contributed by atoms with Crippen molar-refractivity contribution in [1.29, 1.82) is 0 Å². The maximum Gasteiger partial charge on any atom is 0.309 e. The van der Waals surface area contributed by atoms with Gasteiger partial charge in [-0.1, -0.05) is 35.3 Å². The number of ether oxygens (including phenoxy) is 3. The minimum Gasteiger partial charge on any atom is -0.496 e. The molecule has 0 saturated carbocycles. The molecule has 0 spiro atoms. The molecule has 2 unspecified atom stereocenters. The van der Waals surface area contributed by atoms with E-state index in [1.165, 1.54) is 0 Å². The van der Waals surface area contributed by atoms with Gasteiger partial charge >= 0.3 is 5.97 Å². The largest absolute Gasteiger partial charge is 0.496 e.